The Hall–Kier alpha value is -0.590. The number of nitrogens with zero attached hydrogens (tertiary/aromatic N) is 2. The van der Waals surface area contributed by atoms with Gasteiger partial charge < -0.3 is 15.0 Å². The summed E-state index contributed by atoms with van der Waals surface area (Å²) in [5.74, 6) is 3.36. The van der Waals surface area contributed by atoms with Gasteiger partial charge in [-0.1, -0.05) is 12.1 Å². The van der Waals surface area contributed by atoms with E-state index in [1.807, 2.05) is 18.7 Å². The summed E-state index contributed by atoms with van der Waals surface area (Å²) in [6, 6.07) is 0.0231. The molecule has 0 aliphatic carbocycles. The fourth-order valence-corrected chi connectivity index (χ4v) is 2.78. The van der Waals surface area contributed by atoms with Crippen molar-refractivity contribution in [2.24, 2.45) is 5.73 Å². The van der Waals surface area contributed by atoms with Gasteiger partial charge in [0.15, 0.2) is 0 Å². The Balaban J connectivity index is 2.08. The standard InChI is InChI=1S/C11H19N3O2S/c1-3-8(7(2)12)11-13-10(14-16-11)9-6-17-5-4-15-9/h7-9H,3-6,12H2,1-2H3. The second-order valence-corrected chi connectivity index (χ2v) is 5.45. The van der Waals surface area contributed by atoms with E-state index in [0.717, 1.165) is 24.5 Å². The van der Waals surface area contributed by atoms with Crippen LogP contribution in [0.2, 0.25) is 0 Å². The molecular formula is C11H19N3O2S. The van der Waals surface area contributed by atoms with Gasteiger partial charge in [0.2, 0.25) is 11.7 Å². The predicted molar refractivity (Wildman–Crippen MR) is 67.0 cm³/mol. The van der Waals surface area contributed by atoms with Gasteiger partial charge in [-0.3, -0.25) is 0 Å². The van der Waals surface area contributed by atoms with E-state index in [1.54, 1.807) is 0 Å². The lowest BCUT2D eigenvalue weighted by Gasteiger charge is -2.18. The van der Waals surface area contributed by atoms with Crippen molar-refractivity contribution in [3.63, 3.8) is 0 Å². The van der Waals surface area contributed by atoms with Gasteiger partial charge in [-0.15, -0.1) is 0 Å². The first-order chi connectivity index (χ1) is 8.22. The van der Waals surface area contributed by atoms with Crippen molar-refractivity contribution in [1.29, 1.82) is 0 Å². The lowest BCUT2D eigenvalue weighted by atomic mass is 9.99. The molecule has 17 heavy (non-hydrogen) atoms. The third kappa shape index (κ3) is 3.00. The Bertz CT molecular complexity index is 350. The van der Waals surface area contributed by atoms with E-state index in [1.165, 1.54) is 0 Å². The highest BCUT2D eigenvalue weighted by Gasteiger charge is 2.26. The zero-order chi connectivity index (χ0) is 12.3. The Kier molecular flexibility index (Phi) is 4.42. The van der Waals surface area contributed by atoms with Crippen molar-refractivity contribution < 1.29 is 9.26 Å². The van der Waals surface area contributed by atoms with E-state index in [4.69, 9.17) is 15.0 Å². The van der Waals surface area contributed by atoms with Crippen LogP contribution in [0, 0.1) is 0 Å². The topological polar surface area (TPSA) is 74.2 Å². The molecule has 2 N–H and O–H groups in total. The monoisotopic (exact) mass is 257 g/mol. The minimum atomic E-state index is -0.0307. The summed E-state index contributed by atoms with van der Waals surface area (Å²) in [4.78, 5) is 4.43. The molecule has 0 saturated carbocycles. The van der Waals surface area contributed by atoms with Crippen LogP contribution in [-0.2, 0) is 4.74 Å². The Morgan fingerprint density at radius 1 is 1.59 bits per heavy atom. The molecule has 0 bridgehead atoms. The third-order valence-corrected chi connectivity index (χ3v) is 3.95. The zero-order valence-corrected chi connectivity index (χ0v) is 11.1. The molecule has 1 aromatic rings. The first-order valence-electron chi connectivity index (χ1n) is 6.00. The van der Waals surface area contributed by atoms with Crippen LogP contribution in [-0.4, -0.2) is 34.3 Å². The molecule has 3 atom stereocenters. The SMILES string of the molecule is CCC(c1nc(C2CSCCO2)no1)C(C)N. The molecule has 6 heteroatoms. The van der Waals surface area contributed by atoms with Crippen molar-refractivity contribution in [2.45, 2.75) is 38.3 Å². The minimum Gasteiger partial charge on any atom is -0.368 e. The molecule has 1 aliphatic heterocycles. The number of hydrogen-bond acceptors (Lipinski definition) is 6. The highest BCUT2D eigenvalue weighted by Crippen LogP contribution is 2.27. The second-order valence-electron chi connectivity index (χ2n) is 4.30. The molecule has 0 aromatic carbocycles. The zero-order valence-electron chi connectivity index (χ0n) is 10.3. The molecule has 0 spiro atoms. The summed E-state index contributed by atoms with van der Waals surface area (Å²) in [5.41, 5.74) is 5.90. The number of ether oxygens (including phenoxy) is 1. The van der Waals surface area contributed by atoms with Gasteiger partial charge in [0.1, 0.15) is 6.10 Å². The van der Waals surface area contributed by atoms with E-state index < -0.39 is 0 Å². The number of aromatic nitrogens is 2. The van der Waals surface area contributed by atoms with E-state index in [-0.39, 0.29) is 18.1 Å². The summed E-state index contributed by atoms with van der Waals surface area (Å²) < 4.78 is 10.9. The maximum absolute atomic E-state index is 5.90. The van der Waals surface area contributed by atoms with Crippen LogP contribution < -0.4 is 5.73 Å². The molecule has 2 rings (SSSR count). The first kappa shape index (κ1) is 12.9. The van der Waals surface area contributed by atoms with E-state index in [2.05, 4.69) is 17.1 Å². The summed E-state index contributed by atoms with van der Waals surface area (Å²) in [6.45, 7) is 4.79. The number of nitrogens with two attached hydrogens (primary N) is 1. The van der Waals surface area contributed by atoms with Crippen LogP contribution in [0.15, 0.2) is 4.52 Å². The highest BCUT2D eigenvalue weighted by atomic mass is 32.2. The molecule has 1 aliphatic rings. The van der Waals surface area contributed by atoms with Crippen LogP contribution in [0.4, 0.5) is 0 Å². The molecular weight excluding hydrogens is 238 g/mol. The molecule has 0 radical (unpaired) electrons. The molecule has 3 unspecified atom stereocenters. The fourth-order valence-electron chi connectivity index (χ4n) is 1.94. The number of hydrogen-bond donors (Lipinski definition) is 1. The van der Waals surface area contributed by atoms with Crippen LogP contribution in [0.3, 0.4) is 0 Å². The summed E-state index contributed by atoms with van der Waals surface area (Å²) >= 11 is 1.86. The second kappa shape index (κ2) is 5.84. The smallest absolute Gasteiger partial charge is 0.231 e. The van der Waals surface area contributed by atoms with Crippen molar-refractivity contribution in [3.8, 4) is 0 Å². The highest BCUT2D eigenvalue weighted by molar-refractivity contribution is 7.99. The van der Waals surface area contributed by atoms with Gasteiger partial charge in [-0.05, 0) is 13.3 Å². The van der Waals surface area contributed by atoms with Gasteiger partial charge in [0.05, 0.1) is 12.5 Å². The number of rotatable bonds is 4. The fraction of sp³-hybridized carbons (Fsp3) is 0.818. The maximum atomic E-state index is 5.90. The van der Waals surface area contributed by atoms with Gasteiger partial charge in [-0.25, -0.2) is 0 Å². The molecule has 0 amide bonds. The third-order valence-electron chi connectivity index (χ3n) is 2.95. The van der Waals surface area contributed by atoms with Crippen molar-refractivity contribution in [3.05, 3.63) is 11.7 Å². The Morgan fingerprint density at radius 3 is 3.00 bits per heavy atom. The minimum absolute atomic E-state index is 0.0231. The average molecular weight is 257 g/mol. The van der Waals surface area contributed by atoms with E-state index in [0.29, 0.717) is 11.7 Å². The van der Waals surface area contributed by atoms with E-state index in [9.17, 15) is 0 Å². The van der Waals surface area contributed by atoms with Gasteiger partial charge in [0.25, 0.3) is 0 Å². The summed E-state index contributed by atoms with van der Waals surface area (Å²) in [6.07, 6.45) is 0.872. The Labute approximate surface area is 105 Å². The summed E-state index contributed by atoms with van der Waals surface area (Å²) in [7, 11) is 0. The van der Waals surface area contributed by atoms with Gasteiger partial charge >= 0.3 is 0 Å². The lowest BCUT2D eigenvalue weighted by molar-refractivity contribution is 0.0677. The maximum Gasteiger partial charge on any atom is 0.231 e. The van der Waals surface area contributed by atoms with Crippen molar-refractivity contribution >= 4 is 11.8 Å². The quantitative estimate of drug-likeness (QED) is 0.885. The van der Waals surface area contributed by atoms with Gasteiger partial charge in [0, 0.05) is 17.5 Å². The van der Waals surface area contributed by atoms with Crippen LogP contribution >= 0.6 is 11.8 Å². The molecule has 2 heterocycles. The largest absolute Gasteiger partial charge is 0.368 e. The molecule has 1 saturated heterocycles. The molecule has 5 nitrogen and oxygen atoms in total. The molecule has 96 valence electrons. The Morgan fingerprint density at radius 2 is 2.41 bits per heavy atom. The molecule has 1 fully saturated rings. The van der Waals surface area contributed by atoms with Crippen LogP contribution in [0.5, 0.6) is 0 Å². The summed E-state index contributed by atoms with van der Waals surface area (Å²) in [5, 5.41) is 4.01. The first-order valence-corrected chi connectivity index (χ1v) is 7.16. The van der Waals surface area contributed by atoms with E-state index >= 15 is 0 Å². The number of thioether (sulfide) groups is 1. The van der Waals surface area contributed by atoms with Crippen LogP contribution in [0.25, 0.3) is 0 Å². The molecule has 1 aromatic heterocycles. The van der Waals surface area contributed by atoms with Crippen LogP contribution in [0.1, 0.15) is 44.0 Å². The van der Waals surface area contributed by atoms with Gasteiger partial charge in [-0.2, -0.15) is 16.7 Å². The van der Waals surface area contributed by atoms with Crippen molar-refractivity contribution in [2.75, 3.05) is 18.1 Å². The predicted octanol–water partition coefficient (Wildman–Crippen LogP) is 1.71. The average Bonchev–Trinajstić information content (AvgIpc) is 2.80. The lowest BCUT2D eigenvalue weighted by Crippen LogP contribution is -2.24. The normalized spacial score (nSPS) is 24.5. The van der Waals surface area contributed by atoms with Crippen molar-refractivity contribution in [1.82, 2.24) is 10.1 Å².